The maximum Gasteiger partial charge on any atom is 0.295 e. The van der Waals surface area contributed by atoms with E-state index >= 15 is 0 Å². The Labute approximate surface area is 189 Å². The van der Waals surface area contributed by atoms with Crippen LogP contribution in [0.2, 0.25) is 5.02 Å². The minimum absolute atomic E-state index is 0.0616. The summed E-state index contributed by atoms with van der Waals surface area (Å²) in [6.45, 7) is 3.90. The van der Waals surface area contributed by atoms with Crippen molar-refractivity contribution in [1.29, 1.82) is 0 Å². The Morgan fingerprint density at radius 1 is 0.969 bits per heavy atom. The minimum Gasteiger partial charge on any atom is -0.497 e. The highest BCUT2D eigenvalue weighted by molar-refractivity contribution is 6.31. The molecule has 5 rings (SSSR count). The van der Waals surface area contributed by atoms with E-state index in [2.05, 4.69) is 0 Å². The number of hydrogen-bond acceptors (Lipinski definition) is 4. The zero-order valence-corrected chi connectivity index (χ0v) is 18.6. The van der Waals surface area contributed by atoms with Crippen molar-refractivity contribution < 1.29 is 13.9 Å². The number of anilines is 1. The smallest absolute Gasteiger partial charge is 0.295 e. The maximum atomic E-state index is 13.7. The molecule has 0 bridgehead atoms. The lowest BCUT2D eigenvalue weighted by Crippen LogP contribution is -2.29. The van der Waals surface area contributed by atoms with Crippen LogP contribution in [0.5, 0.6) is 5.75 Å². The summed E-state index contributed by atoms with van der Waals surface area (Å²) in [6.07, 6.45) is 0. The third-order valence-corrected chi connectivity index (χ3v) is 6.24. The number of methoxy groups -OCH3 is 1. The van der Waals surface area contributed by atoms with E-state index in [1.165, 1.54) is 0 Å². The first-order valence-corrected chi connectivity index (χ1v) is 10.6. The molecule has 1 atom stereocenters. The first kappa shape index (κ1) is 20.3. The number of ether oxygens (including phenoxy) is 1. The Hall–Kier alpha value is -3.57. The third-order valence-electron chi connectivity index (χ3n) is 6.00. The molecule has 6 heteroatoms. The van der Waals surface area contributed by atoms with Crippen LogP contribution in [-0.4, -0.2) is 13.0 Å². The van der Waals surface area contributed by atoms with Crippen LogP contribution in [-0.2, 0) is 0 Å². The van der Waals surface area contributed by atoms with E-state index in [9.17, 15) is 9.59 Å². The molecule has 0 saturated heterocycles. The van der Waals surface area contributed by atoms with Gasteiger partial charge in [-0.25, -0.2) is 0 Å². The Kier molecular flexibility index (Phi) is 4.79. The molecule has 1 aliphatic heterocycles. The van der Waals surface area contributed by atoms with Crippen molar-refractivity contribution in [2.24, 2.45) is 0 Å². The fourth-order valence-corrected chi connectivity index (χ4v) is 4.41. The van der Waals surface area contributed by atoms with Gasteiger partial charge in [-0.3, -0.25) is 14.5 Å². The summed E-state index contributed by atoms with van der Waals surface area (Å²) in [6, 6.07) is 17.3. The number of carbonyl (C=O) groups is 1. The van der Waals surface area contributed by atoms with Crippen LogP contribution in [0.4, 0.5) is 5.69 Å². The molecule has 32 heavy (non-hydrogen) atoms. The largest absolute Gasteiger partial charge is 0.497 e. The molecule has 5 nitrogen and oxygen atoms in total. The van der Waals surface area contributed by atoms with Gasteiger partial charge in [0, 0.05) is 10.7 Å². The first-order valence-electron chi connectivity index (χ1n) is 10.2. The molecule has 4 aromatic rings. The fraction of sp³-hybridized carbons (Fsp3) is 0.154. The Bertz CT molecular complexity index is 1440. The van der Waals surface area contributed by atoms with Gasteiger partial charge in [0.25, 0.3) is 5.91 Å². The van der Waals surface area contributed by atoms with E-state index in [-0.39, 0.29) is 17.1 Å². The minimum atomic E-state index is -0.649. The van der Waals surface area contributed by atoms with Gasteiger partial charge in [-0.2, -0.15) is 0 Å². The number of aryl methyl sites for hydroxylation is 2. The molecule has 1 aromatic heterocycles. The van der Waals surface area contributed by atoms with Gasteiger partial charge >= 0.3 is 0 Å². The van der Waals surface area contributed by atoms with Gasteiger partial charge in [0.1, 0.15) is 11.3 Å². The molecule has 0 aliphatic carbocycles. The molecule has 1 aliphatic rings. The van der Waals surface area contributed by atoms with Crippen molar-refractivity contribution >= 4 is 34.2 Å². The second kappa shape index (κ2) is 7.53. The van der Waals surface area contributed by atoms with Gasteiger partial charge in [-0.05, 0) is 73.0 Å². The molecule has 2 heterocycles. The summed E-state index contributed by atoms with van der Waals surface area (Å²) in [5.74, 6) is 0.371. The van der Waals surface area contributed by atoms with Gasteiger partial charge in [0.15, 0.2) is 5.43 Å². The molecule has 160 valence electrons. The average Bonchev–Trinajstić information content (AvgIpc) is 3.08. The van der Waals surface area contributed by atoms with E-state index in [0.717, 1.165) is 16.7 Å². The van der Waals surface area contributed by atoms with Crippen molar-refractivity contribution in [2.45, 2.75) is 19.9 Å². The molecular formula is C26H20ClNO4. The summed E-state index contributed by atoms with van der Waals surface area (Å²) in [4.78, 5) is 28.9. The van der Waals surface area contributed by atoms with E-state index in [4.69, 9.17) is 20.8 Å². The number of benzene rings is 3. The second-order valence-corrected chi connectivity index (χ2v) is 8.37. The van der Waals surface area contributed by atoms with Crippen molar-refractivity contribution in [3.05, 3.63) is 104 Å². The number of hydrogen-bond donors (Lipinski definition) is 0. The normalized spacial score (nSPS) is 15.3. The maximum absolute atomic E-state index is 13.7. The van der Waals surface area contributed by atoms with Crippen LogP contribution < -0.4 is 15.1 Å². The zero-order valence-electron chi connectivity index (χ0n) is 17.8. The summed E-state index contributed by atoms with van der Waals surface area (Å²) in [5.41, 5.74) is 3.87. The molecule has 0 fully saturated rings. The predicted octanol–water partition coefficient (Wildman–Crippen LogP) is 5.82. The molecule has 0 saturated carbocycles. The van der Waals surface area contributed by atoms with Gasteiger partial charge in [-0.15, -0.1) is 0 Å². The number of amides is 1. The number of halogens is 1. The molecule has 0 N–H and O–H groups in total. The molecule has 0 radical (unpaired) electrons. The quantitative estimate of drug-likeness (QED) is 0.398. The van der Waals surface area contributed by atoms with E-state index in [1.807, 2.05) is 50.2 Å². The Balaban J connectivity index is 1.81. The number of rotatable bonds is 3. The highest BCUT2D eigenvalue weighted by Gasteiger charge is 2.43. The van der Waals surface area contributed by atoms with Crippen LogP contribution >= 0.6 is 11.6 Å². The first-order chi connectivity index (χ1) is 15.4. The van der Waals surface area contributed by atoms with Crippen LogP contribution in [0.25, 0.3) is 11.0 Å². The average molecular weight is 446 g/mol. The van der Waals surface area contributed by atoms with Crippen LogP contribution in [0, 0.1) is 13.8 Å². The number of carbonyl (C=O) groups excluding carboxylic acids is 1. The summed E-state index contributed by atoms with van der Waals surface area (Å²) in [5, 5.41) is 0.960. The standard InChI is InChI=1S/C26H20ClNO4/c1-14-11-20-21(12-15(14)2)32-25-22(24(20)29)23(16-7-9-19(31-3)10-8-16)28(26(25)30)18-6-4-5-17(27)13-18/h4-13,23H,1-3H3. The van der Waals surface area contributed by atoms with Crippen molar-refractivity contribution in [3.8, 4) is 5.75 Å². The second-order valence-electron chi connectivity index (χ2n) is 7.94. The van der Waals surface area contributed by atoms with E-state index in [1.54, 1.807) is 36.3 Å². The lowest BCUT2D eigenvalue weighted by Gasteiger charge is -2.25. The summed E-state index contributed by atoms with van der Waals surface area (Å²) >= 11 is 6.23. The third kappa shape index (κ3) is 3.09. The Morgan fingerprint density at radius 2 is 1.69 bits per heavy atom. The van der Waals surface area contributed by atoms with Crippen LogP contribution in [0.15, 0.2) is 69.9 Å². The lowest BCUT2D eigenvalue weighted by atomic mass is 9.97. The monoisotopic (exact) mass is 445 g/mol. The molecule has 3 aromatic carbocycles. The van der Waals surface area contributed by atoms with Crippen LogP contribution in [0.1, 0.15) is 38.9 Å². The van der Waals surface area contributed by atoms with Crippen LogP contribution in [0.3, 0.4) is 0 Å². The summed E-state index contributed by atoms with van der Waals surface area (Å²) < 4.78 is 11.3. The molecular weight excluding hydrogens is 426 g/mol. The molecule has 1 unspecified atom stereocenters. The predicted molar refractivity (Wildman–Crippen MR) is 125 cm³/mol. The number of fused-ring (bicyclic) bond motifs is 2. The van der Waals surface area contributed by atoms with Gasteiger partial charge in [0.05, 0.1) is 24.1 Å². The lowest BCUT2D eigenvalue weighted by molar-refractivity contribution is 0.0971. The highest BCUT2D eigenvalue weighted by Crippen LogP contribution is 2.42. The number of nitrogens with zero attached hydrogens (tertiary/aromatic N) is 1. The molecule has 1 amide bonds. The van der Waals surface area contributed by atoms with Gasteiger partial charge < -0.3 is 9.15 Å². The fourth-order valence-electron chi connectivity index (χ4n) is 4.22. The van der Waals surface area contributed by atoms with Gasteiger partial charge in [0.2, 0.25) is 5.76 Å². The zero-order chi connectivity index (χ0) is 22.6. The van der Waals surface area contributed by atoms with Gasteiger partial charge in [-0.1, -0.05) is 29.8 Å². The van der Waals surface area contributed by atoms with E-state index in [0.29, 0.717) is 33.0 Å². The topological polar surface area (TPSA) is 59.8 Å². The van der Waals surface area contributed by atoms with Crippen molar-refractivity contribution in [3.63, 3.8) is 0 Å². The molecule has 0 spiro atoms. The van der Waals surface area contributed by atoms with Crippen molar-refractivity contribution in [1.82, 2.24) is 0 Å². The van der Waals surface area contributed by atoms with Crippen molar-refractivity contribution in [2.75, 3.05) is 12.0 Å². The summed E-state index contributed by atoms with van der Waals surface area (Å²) in [7, 11) is 1.59. The van der Waals surface area contributed by atoms with E-state index < -0.39 is 6.04 Å². The SMILES string of the molecule is COc1ccc(C2c3c(oc4cc(C)c(C)cc4c3=O)C(=O)N2c2cccc(Cl)c2)cc1. The Morgan fingerprint density at radius 3 is 2.38 bits per heavy atom. The highest BCUT2D eigenvalue weighted by atomic mass is 35.5.